The zero-order valence-corrected chi connectivity index (χ0v) is 21.1. The molecule has 10 heteroatoms. The first-order chi connectivity index (χ1) is 18.2. The maximum absolute atomic E-state index is 12.6. The van der Waals surface area contributed by atoms with E-state index in [4.69, 9.17) is 9.47 Å². The normalized spacial score (nSPS) is 10.7. The molecule has 0 aliphatic heterocycles. The van der Waals surface area contributed by atoms with Gasteiger partial charge in [0.2, 0.25) is 0 Å². The first-order valence-corrected chi connectivity index (χ1v) is 11.6. The number of amides is 2. The molecule has 0 aliphatic carbocycles. The number of non-ortho nitro benzene ring substituents is 1. The Bertz CT molecular complexity index is 1440. The van der Waals surface area contributed by atoms with Gasteiger partial charge < -0.3 is 20.1 Å². The number of hydrogen-bond acceptors (Lipinski definition) is 7. The van der Waals surface area contributed by atoms with E-state index in [9.17, 15) is 25.0 Å². The van der Waals surface area contributed by atoms with E-state index < -0.39 is 10.8 Å². The Morgan fingerprint density at radius 3 is 2.50 bits per heavy atom. The van der Waals surface area contributed by atoms with E-state index in [2.05, 4.69) is 10.6 Å². The summed E-state index contributed by atoms with van der Waals surface area (Å²) < 4.78 is 11.3. The molecule has 0 heterocycles. The van der Waals surface area contributed by atoms with Gasteiger partial charge in [-0.1, -0.05) is 24.3 Å². The summed E-state index contributed by atoms with van der Waals surface area (Å²) in [5.41, 5.74) is 2.98. The van der Waals surface area contributed by atoms with E-state index >= 15 is 0 Å². The summed E-state index contributed by atoms with van der Waals surface area (Å²) in [7, 11) is 0. The molecule has 0 radical (unpaired) electrons. The summed E-state index contributed by atoms with van der Waals surface area (Å²) in [5.74, 6) is -0.416. The topological polar surface area (TPSA) is 144 Å². The van der Waals surface area contributed by atoms with Crippen LogP contribution in [0.1, 0.15) is 23.6 Å². The van der Waals surface area contributed by atoms with Gasteiger partial charge in [0.1, 0.15) is 11.6 Å². The van der Waals surface area contributed by atoms with E-state index in [-0.39, 0.29) is 29.5 Å². The first-order valence-electron chi connectivity index (χ1n) is 11.6. The third-order valence-electron chi connectivity index (χ3n) is 5.50. The van der Waals surface area contributed by atoms with Gasteiger partial charge in [0, 0.05) is 23.5 Å². The van der Waals surface area contributed by atoms with Gasteiger partial charge in [0.15, 0.2) is 18.1 Å². The standard InChI is InChI=1S/C28H26N4O6/c1-4-37-26-14-20(13-21(16-29)28(34)30-22-8-6-9-23(15-22)32(35)36)11-12-25(26)38-17-27(33)31-24-10-5-7-18(2)19(24)3/h5-15H,4,17H2,1-3H3,(H,30,34)(H,31,33)/b21-13-. The molecule has 3 aromatic carbocycles. The molecule has 0 bridgehead atoms. The molecule has 2 N–H and O–H groups in total. The van der Waals surface area contributed by atoms with Crippen molar-refractivity contribution in [1.29, 1.82) is 5.26 Å². The predicted molar refractivity (Wildman–Crippen MR) is 143 cm³/mol. The molecule has 194 valence electrons. The van der Waals surface area contributed by atoms with E-state index in [1.807, 2.05) is 38.1 Å². The van der Waals surface area contributed by atoms with Crippen molar-refractivity contribution in [3.63, 3.8) is 0 Å². The van der Waals surface area contributed by atoms with Gasteiger partial charge in [0.25, 0.3) is 17.5 Å². The molecule has 0 saturated heterocycles. The molecule has 0 unspecified atom stereocenters. The lowest BCUT2D eigenvalue weighted by Gasteiger charge is -2.14. The minimum atomic E-state index is -0.727. The quantitative estimate of drug-likeness (QED) is 0.164. The third-order valence-corrected chi connectivity index (χ3v) is 5.50. The number of aryl methyl sites for hydroxylation is 1. The highest BCUT2D eigenvalue weighted by molar-refractivity contribution is 6.09. The zero-order chi connectivity index (χ0) is 27.7. The Kier molecular flexibility index (Phi) is 9.16. The number of ether oxygens (including phenoxy) is 2. The number of carbonyl (C=O) groups is 2. The van der Waals surface area contributed by atoms with Crippen molar-refractivity contribution in [3.8, 4) is 17.6 Å². The fraction of sp³-hybridized carbons (Fsp3) is 0.179. The van der Waals surface area contributed by atoms with Crippen LogP contribution in [0.5, 0.6) is 11.5 Å². The molecule has 3 aromatic rings. The molecular weight excluding hydrogens is 488 g/mol. The molecule has 0 aliphatic rings. The number of benzene rings is 3. The lowest BCUT2D eigenvalue weighted by Crippen LogP contribution is -2.21. The smallest absolute Gasteiger partial charge is 0.271 e. The van der Waals surface area contributed by atoms with Gasteiger partial charge in [0.05, 0.1) is 11.5 Å². The number of rotatable bonds is 10. The number of nitro benzene ring substituents is 1. The Hall–Kier alpha value is -5.17. The van der Waals surface area contributed by atoms with Gasteiger partial charge in [-0.25, -0.2) is 0 Å². The highest BCUT2D eigenvalue weighted by Crippen LogP contribution is 2.30. The Morgan fingerprint density at radius 1 is 1.03 bits per heavy atom. The fourth-order valence-corrected chi connectivity index (χ4v) is 3.43. The van der Waals surface area contributed by atoms with Crippen LogP contribution in [0, 0.1) is 35.3 Å². The van der Waals surface area contributed by atoms with Gasteiger partial charge >= 0.3 is 0 Å². The molecule has 38 heavy (non-hydrogen) atoms. The van der Waals surface area contributed by atoms with Crippen molar-refractivity contribution in [2.24, 2.45) is 0 Å². The van der Waals surface area contributed by atoms with E-state index in [1.165, 1.54) is 30.3 Å². The highest BCUT2D eigenvalue weighted by atomic mass is 16.6. The SMILES string of the molecule is CCOc1cc(/C=C(/C#N)C(=O)Nc2cccc([N+](=O)[O-])c2)ccc1OCC(=O)Nc1cccc(C)c1C. The number of nitrogens with one attached hydrogen (secondary N) is 2. The average Bonchev–Trinajstić information content (AvgIpc) is 2.89. The molecule has 0 atom stereocenters. The highest BCUT2D eigenvalue weighted by Gasteiger charge is 2.14. The van der Waals surface area contributed by atoms with Crippen molar-refractivity contribution in [1.82, 2.24) is 0 Å². The van der Waals surface area contributed by atoms with E-state index in [0.717, 1.165) is 11.1 Å². The summed E-state index contributed by atoms with van der Waals surface area (Å²) in [5, 5.41) is 25.8. The molecule has 0 spiro atoms. The van der Waals surface area contributed by atoms with Crippen LogP contribution < -0.4 is 20.1 Å². The number of hydrogen-bond donors (Lipinski definition) is 2. The largest absolute Gasteiger partial charge is 0.490 e. The Balaban J connectivity index is 1.73. The Labute approximate surface area is 219 Å². The number of carbonyl (C=O) groups excluding carboxylic acids is 2. The average molecular weight is 515 g/mol. The van der Waals surface area contributed by atoms with Crippen LogP contribution in [0.2, 0.25) is 0 Å². The summed E-state index contributed by atoms with van der Waals surface area (Å²) in [6.45, 7) is 5.73. The molecule has 10 nitrogen and oxygen atoms in total. The number of nitro groups is 1. The third kappa shape index (κ3) is 7.18. The van der Waals surface area contributed by atoms with Crippen LogP contribution in [0.3, 0.4) is 0 Å². The van der Waals surface area contributed by atoms with Crippen LogP contribution in [-0.4, -0.2) is 30.0 Å². The summed E-state index contributed by atoms with van der Waals surface area (Å²) >= 11 is 0. The van der Waals surface area contributed by atoms with Crippen LogP contribution >= 0.6 is 0 Å². The minimum Gasteiger partial charge on any atom is -0.490 e. The summed E-state index contributed by atoms with van der Waals surface area (Å²) in [6.07, 6.45) is 1.35. The number of nitriles is 1. The molecule has 0 aromatic heterocycles. The van der Waals surface area contributed by atoms with Crippen molar-refractivity contribution in [3.05, 3.63) is 93.0 Å². The maximum atomic E-state index is 12.6. The van der Waals surface area contributed by atoms with Crippen molar-refractivity contribution in [2.45, 2.75) is 20.8 Å². The first kappa shape index (κ1) is 27.4. The van der Waals surface area contributed by atoms with Crippen LogP contribution in [-0.2, 0) is 9.59 Å². The van der Waals surface area contributed by atoms with Gasteiger partial charge in [-0.15, -0.1) is 0 Å². The zero-order valence-electron chi connectivity index (χ0n) is 21.1. The molecular formula is C28H26N4O6. The number of nitrogens with zero attached hydrogens (tertiary/aromatic N) is 2. The lowest BCUT2D eigenvalue weighted by atomic mass is 10.1. The lowest BCUT2D eigenvalue weighted by molar-refractivity contribution is -0.384. The fourth-order valence-electron chi connectivity index (χ4n) is 3.43. The summed E-state index contributed by atoms with van der Waals surface area (Å²) in [6, 6.07) is 17.6. The molecule has 0 saturated carbocycles. The monoisotopic (exact) mass is 514 g/mol. The van der Waals surface area contributed by atoms with Crippen molar-refractivity contribution >= 4 is 35.0 Å². The minimum absolute atomic E-state index is 0.184. The van der Waals surface area contributed by atoms with Gasteiger partial charge in [-0.05, 0) is 67.8 Å². The van der Waals surface area contributed by atoms with Gasteiger partial charge in [-0.3, -0.25) is 19.7 Å². The van der Waals surface area contributed by atoms with Gasteiger partial charge in [-0.2, -0.15) is 5.26 Å². The van der Waals surface area contributed by atoms with Crippen molar-refractivity contribution in [2.75, 3.05) is 23.8 Å². The second kappa shape index (κ2) is 12.7. The maximum Gasteiger partial charge on any atom is 0.271 e. The van der Waals surface area contributed by atoms with E-state index in [1.54, 1.807) is 25.1 Å². The second-order valence-electron chi connectivity index (χ2n) is 8.15. The number of anilines is 2. The van der Waals surface area contributed by atoms with Crippen LogP contribution in [0.4, 0.5) is 17.1 Å². The predicted octanol–water partition coefficient (Wildman–Crippen LogP) is 5.17. The Morgan fingerprint density at radius 2 is 1.79 bits per heavy atom. The van der Waals surface area contributed by atoms with E-state index in [0.29, 0.717) is 29.4 Å². The molecule has 0 fully saturated rings. The molecule has 3 rings (SSSR count). The molecule has 2 amide bonds. The van der Waals surface area contributed by atoms with Crippen molar-refractivity contribution < 1.29 is 24.0 Å². The van der Waals surface area contributed by atoms with Crippen LogP contribution in [0.25, 0.3) is 6.08 Å². The second-order valence-corrected chi connectivity index (χ2v) is 8.15. The van der Waals surface area contributed by atoms with Crippen LogP contribution in [0.15, 0.2) is 66.2 Å². The summed E-state index contributed by atoms with van der Waals surface area (Å²) in [4.78, 5) is 35.4.